The van der Waals surface area contributed by atoms with Gasteiger partial charge in [-0.3, -0.25) is 0 Å². The zero-order chi connectivity index (χ0) is 10.8. The van der Waals surface area contributed by atoms with Crippen LogP contribution in [0.3, 0.4) is 0 Å². The largest absolute Gasteiger partial charge is 0.470 e. The van der Waals surface area contributed by atoms with Crippen LogP contribution in [-0.4, -0.2) is 15.0 Å². The molecule has 2 aromatic rings. The van der Waals surface area contributed by atoms with Gasteiger partial charge in [-0.05, 0) is 6.92 Å². The molecule has 7 nitrogen and oxygen atoms in total. The summed E-state index contributed by atoms with van der Waals surface area (Å²) in [6.07, 6.45) is 3.15. The molecule has 0 aromatic carbocycles. The number of aromatic nitrogens is 3. The average Bonchev–Trinajstić information content (AvgIpc) is 2.50. The molecule has 0 amide bonds. The molecule has 15 heavy (non-hydrogen) atoms. The normalized spacial score (nSPS) is 10.2. The van der Waals surface area contributed by atoms with Crippen LogP contribution in [0.1, 0.15) is 5.56 Å². The number of anilines is 4. The van der Waals surface area contributed by atoms with Crippen molar-refractivity contribution in [2.24, 2.45) is 0 Å². The number of rotatable bonds is 2. The Kier molecular flexibility index (Phi) is 2.13. The third kappa shape index (κ3) is 1.96. The quantitative estimate of drug-likeness (QED) is 0.661. The topological polar surface area (TPSA) is 116 Å². The van der Waals surface area contributed by atoms with Crippen LogP contribution in [-0.2, 0) is 0 Å². The maximum atomic E-state index is 5.42. The van der Waals surface area contributed by atoms with Crippen molar-refractivity contribution in [3.05, 3.63) is 18.1 Å². The summed E-state index contributed by atoms with van der Waals surface area (Å²) in [7, 11) is 0. The van der Waals surface area contributed by atoms with Crippen LogP contribution in [0.5, 0.6) is 0 Å². The van der Waals surface area contributed by atoms with Crippen molar-refractivity contribution in [2.75, 3.05) is 16.8 Å². The highest BCUT2D eigenvalue weighted by molar-refractivity contribution is 5.57. The van der Waals surface area contributed by atoms with Gasteiger partial charge in [0.05, 0.1) is 12.0 Å². The molecule has 0 aliphatic carbocycles. The summed E-state index contributed by atoms with van der Waals surface area (Å²) in [6.45, 7) is 1.89. The molecule has 0 saturated heterocycles. The Morgan fingerprint density at radius 1 is 1.13 bits per heavy atom. The predicted molar refractivity (Wildman–Crippen MR) is 55.4 cm³/mol. The maximum absolute atomic E-state index is 5.42. The fourth-order valence-electron chi connectivity index (χ4n) is 1.07. The van der Waals surface area contributed by atoms with Gasteiger partial charge in [-0.2, -0.15) is 15.0 Å². The first-order valence-electron chi connectivity index (χ1n) is 4.22. The van der Waals surface area contributed by atoms with Gasteiger partial charge in [0.25, 0.3) is 0 Å². The SMILES string of the molecule is Cc1cocc1Nc1nc(N)nc(N)n1. The molecule has 0 radical (unpaired) electrons. The Morgan fingerprint density at radius 3 is 2.33 bits per heavy atom. The molecular formula is C8H10N6O. The molecule has 2 heterocycles. The summed E-state index contributed by atoms with van der Waals surface area (Å²) < 4.78 is 4.98. The lowest BCUT2D eigenvalue weighted by atomic mass is 10.3. The number of hydrogen-bond acceptors (Lipinski definition) is 7. The molecule has 0 aliphatic rings. The average molecular weight is 206 g/mol. The van der Waals surface area contributed by atoms with E-state index in [1.807, 2.05) is 6.92 Å². The van der Waals surface area contributed by atoms with Crippen LogP contribution in [0, 0.1) is 6.92 Å². The molecule has 0 saturated carbocycles. The van der Waals surface area contributed by atoms with Crippen LogP contribution < -0.4 is 16.8 Å². The molecule has 5 N–H and O–H groups in total. The summed E-state index contributed by atoms with van der Waals surface area (Å²) in [4.78, 5) is 11.4. The Balaban J connectivity index is 2.28. The van der Waals surface area contributed by atoms with Gasteiger partial charge in [0, 0.05) is 5.56 Å². The maximum Gasteiger partial charge on any atom is 0.233 e. The van der Waals surface area contributed by atoms with E-state index >= 15 is 0 Å². The van der Waals surface area contributed by atoms with Gasteiger partial charge in [-0.1, -0.05) is 0 Å². The fourth-order valence-corrected chi connectivity index (χ4v) is 1.07. The van der Waals surface area contributed by atoms with Crippen LogP contribution in [0.4, 0.5) is 23.5 Å². The molecule has 0 atom stereocenters. The van der Waals surface area contributed by atoms with Crippen LogP contribution in [0.15, 0.2) is 16.9 Å². The zero-order valence-corrected chi connectivity index (χ0v) is 8.06. The molecule has 7 heteroatoms. The van der Waals surface area contributed by atoms with Crippen molar-refractivity contribution >= 4 is 23.5 Å². The Bertz CT molecular complexity index is 459. The number of aryl methyl sites for hydroxylation is 1. The third-order valence-corrected chi connectivity index (χ3v) is 1.77. The van der Waals surface area contributed by atoms with E-state index in [1.54, 1.807) is 12.5 Å². The predicted octanol–water partition coefficient (Wildman–Crippen LogP) is 0.681. The van der Waals surface area contributed by atoms with E-state index in [4.69, 9.17) is 15.9 Å². The number of hydrogen-bond donors (Lipinski definition) is 3. The molecule has 2 rings (SSSR count). The van der Waals surface area contributed by atoms with E-state index in [0.717, 1.165) is 11.3 Å². The second-order valence-electron chi connectivity index (χ2n) is 2.97. The van der Waals surface area contributed by atoms with Gasteiger partial charge in [-0.25, -0.2) is 0 Å². The molecule has 0 aliphatic heterocycles. The van der Waals surface area contributed by atoms with Gasteiger partial charge in [0.1, 0.15) is 6.26 Å². The fraction of sp³-hybridized carbons (Fsp3) is 0.125. The highest BCUT2D eigenvalue weighted by Crippen LogP contribution is 2.19. The van der Waals surface area contributed by atoms with Gasteiger partial charge < -0.3 is 21.2 Å². The monoisotopic (exact) mass is 206 g/mol. The molecule has 0 fully saturated rings. The molecule has 0 bridgehead atoms. The minimum absolute atomic E-state index is 0.0751. The van der Waals surface area contributed by atoms with Gasteiger partial charge >= 0.3 is 0 Å². The Morgan fingerprint density at radius 2 is 1.80 bits per heavy atom. The highest BCUT2D eigenvalue weighted by atomic mass is 16.3. The molecule has 0 spiro atoms. The third-order valence-electron chi connectivity index (χ3n) is 1.77. The van der Waals surface area contributed by atoms with E-state index in [0.29, 0.717) is 5.95 Å². The van der Waals surface area contributed by atoms with Crippen LogP contribution in [0.25, 0.3) is 0 Å². The lowest BCUT2D eigenvalue weighted by Crippen LogP contribution is -2.06. The van der Waals surface area contributed by atoms with Gasteiger partial charge in [0.2, 0.25) is 17.8 Å². The summed E-state index contributed by atoms with van der Waals surface area (Å²) in [5.74, 6) is 0.446. The summed E-state index contributed by atoms with van der Waals surface area (Å²) in [5, 5.41) is 2.92. The molecular weight excluding hydrogens is 196 g/mol. The standard InChI is InChI=1S/C8H10N6O/c1-4-2-15-3-5(4)11-8-13-6(9)12-7(10)14-8/h2-3H,1H3,(H5,9,10,11,12,13,14). The van der Waals surface area contributed by atoms with Crippen molar-refractivity contribution in [1.29, 1.82) is 0 Å². The van der Waals surface area contributed by atoms with Crippen molar-refractivity contribution in [3.63, 3.8) is 0 Å². The van der Waals surface area contributed by atoms with Crippen LogP contribution in [0.2, 0.25) is 0 Å². The van der Waals surface area contributed by atoms with Crippen LogP contribution >= 0.6 is 0 Å². The highest BCUT2D eigenvalue weighted by Gasteiger charge is 2.05. The van der Waals surface area contributed by atoms with Crippen molar-refractivity contribution in [2.45, 2.75) is 6.92 Å². The molecule has 0 unspecified atom stereocenters. The number of nitrogens with two attached hydrogens (primary N) is 2. The van der Waals surface area contributed by atoms with E-state index in [2.05, 4.69) is 20.3 Å². The first kappa shape index (κ1) is 9.25. The van der Waals surface area contributed by atoms with E-state index in [9.17, 15) is 0 Å². The van der Waals surface area contributed by atoms with Gasteiger partial charge in [0.15, 0.2) is 0 Å². The van der Waals surface area contributed by atoms with Crippen molar-refractivity contribution in [3.8, 4) is 0 Å². The number of nitrogens with one attached hydrogen (secondary N) is 1. The van der Waals surface area contributed by atoms with E-state index < -0.39 is 0 Å². The molecule has 2 aromatic heterocycles. The number of nitrogens with zero attached hydrogens (tertiary/aromatic N) is 3. The summed E-state index contributed by atoms with van der Waals surface area (Å²) in [6, 6.07) is 0. The lowest BCUT2D eigenvalue weighted by molar-refractivity contribution is 0.566. The second-order valence-corrected chi connectivity index (χ2v) is 2.97. The second kappa shape index (κ2) is 3.45. The summed E-state index contributed by atoms with van der Waals surface area (Å²) in [5.41, 5.74) is 12.5. The number of furan rings is 1. The summed E-state index contributed by atoms with van der Waals surface area (Å²) >= 11 is 0. The smallest absolute Gasteiger partial charge is 0.233 e. The minimum Gasteiger partial charge on any atom is -0.470 e. The lowest BCUT2D eigenvalue weighted by Gasteiger charge is -2.03. The van der Waals surface area contributed by atoms with E-state index in [1.165, 1.54) is 0 Å². The first-order valence-corrected chi connectivity index (χ1v) is 4.22. The van der Waals surface area contributed by atoms with Gasteiger partial charge in [-0.15, -0.1) is 0 Å². The zero-order valence-electron chi connectivity index (χ0n) is 8.06. The minimum atomic E-state index is 0.0751. The Labute approximate surface area is 85.5 Å². The number of nitrogen functional groups attached to an aromatic ring is 2. The Hall–Kier alpha value is -2.31. The van der Waals surface area contributed by atoms with Crippen molar-refractivity contribution < 1.29 is 4.42 Å². The molecule has 78 valence electrons. The first-order chi connectivity index (χ1) is 7.15. The van der Waals surface area contributed by atoms with Crippen molar-refractivity contribution in [1.82, 2.24) is 15.0 Å². The van der Waals surface area contributed by atoms with E-state index in [-0.39, 0.29) is 11.9 Å².